The second-order valence-corrected chi connectivity index (χ2v) is 8.41. The number of rotatable bonds is 4. The van der Waals surface area contributed by atoms with Crippen LogP contribution in [0.25, 0.3) is 10.8 Å². The summed E-state index contributed by atoms with van der Waals surface area (Å²) < 4.78 is 4.85. The minimum absolute atomic E-state index is 0.254. The predicted octanol–water partition coefficient (Wildman–Crippen LogP) is 5.25. The van der Waals surface area contributed by atoms with Crippen molar-refractivity contribution in [2.24, 2.45) is 0 Å². The molecule has 2 aromatic carbocycles. The number of hydrogen-bond donors (Lipinski definition) is 1. The lowest BCUT2D eigenvalue weighted by atomic mass is 10.1. The molecule has 0 saturated heterocycles. The van der Waals surface area contributed by atoms with Gasteiger partial charge in [0.2, 0.25) is 0 Å². The van der Waals surface area contributed by atoms with Gasteiger partial charge < -0.3 is 10.1 Å². The first-order valence-corrected chi connectivity index (χ1v) is 9.79. The summed E-state index contributed by atoms with van der Waals surface area (Å²) in [6, 6.07) is 16.4. The Balaban J connectivity index is 1.91. The van der Waals surface area contributed by atoms with Crippen LogP contribution in [0.15, 0.2) is 53.9 Å². The van der Waals surface area contributed by atoms with Crippen molar-refractivity contribution in [1.29, 1.82) is 0 Å². The van der Waals surface area contributed by atoms with Crippen molar-refractivity contribution in [3.8, 4) is 0 Å². The summed E-state index contributed by atoms with van der Waals surface area (Å²) in [5.41, 5.74) is 1.95. The molecule has 5 heteroatoms. The molecule has 0 aliphatic carbocycles. The van der Waals surface area contributed by atoms with E-state index in [1.165, 1.54) is 17.9 Å². The zero-order valence-electron chi connectivity index (χ0n) is 12.3. The van der Waals surface area contributed by atoms with E-state index in [1.54, 1.807) is 10.8 Å². The molecule has 22 heavy (non-hydrogen) atoms. The van der Waals surface area contributed by atoms with E-state index in [-0.39, 0.29) is 15.5 Å². The highest BCUT2D eigenvalue weighted by molar-refractivity contribution is 8.45. The van der Waals surface area contributed by atoms with Crippen molar-refractivity contribution in [3.63, 3.8) is 0 Å². The summed E-state index contributed by atoms with van der Waals surface area (Å²) in [4.78, 5) is 12.5. The van der Waals surface area contributed by atoms with Crippen LogP contribution >= 0.6 is 20.3 Å². The highest BCUT2D eigenvalue weighted by Gasteiger charge is 2.25. The van der Waals surface area contributed by atoms with Crippen LogP contribution in [0.1, 0.15) is 9.67 Å². The van der Waals surface area contributed by atoms with Crippen molar-refractivity contribution < 1.29 is 9.53 Å². The lowest BCUT2D eigenvalue weighted by Gasteiger charge is -2.04. The van der Waals surface area contributed by atoms with E-state index >= 15 is 0 Å². The average molecular weight is 330 g/mol. The Kier molecular flexibility index (Phi) is 4.36. The van der Waals surface area contributed by atoms with Gasteiger partial charge in [0.1, 0.15) is 10.8 Å². The number of carbonyl (C=O) groups is 1. The first-order valence-electron chi connectivity index (χ1n) is 6.76. The fourth-order valence-electron chi connectivity index (χ4n) is 2.29. The molecule has 0 fully saturated rings. The van der Waals surface area contributed by atoms with Crippen LogP contribution < -0.4 is 5.32 Å². The van der Waals surface area contributed by atoms with Crippen LogP contribution in [0.5, 0.6) is 0 Å². The molecule has 1 aromatic heterocycles. The van der Waals surface area contributed by atoms with Crippen molar-refractivity contribution >= 4 is 48.4 Å². The molecule has 0 spiro atoms. The molecule has 0 aliphatic rings. The number of carbonyl (C=O) groups excluding carboxylic acids is 1. The van der Waals surface area contributed by atoms with E-state index in [9.17, 15) is 4.79 Å². The summed E-state index contributed by atoms with van der Waals surface area (Å²) in [5, 5.41) is 7.85. The monoisotopic (exact) mass is 330 g/mol. The van der Waals surface area contributed by atoms with Gasteiger partial charge in [0.15, 0.2) is 5.38 Å². The predicted molar refractivity (Wildman–Crippen MR) is 96.4 cm³/mol. The molecule has 0 bridgehead atoms. The number of fused-ring (bicyclic) bond motifs is 1. The molecule has 1 atom stereocenters. The Morgan fingerprint density at radius 3 is 2.59 bits per heavy atom. The molecule has 3 nitrogen and oxygen atoms in total. The zero-order chi connectivity index (χ0) is 15.5. The number of thiophene rings is 1. The van der Waals surface area contributed by atoms with E-state index in [2.05, 4.69) is 35.0 Å². The SMILES string of the molecule is COC(=O)c1cc(Nc2ccc3ccccc3c2)c[s+]1SC. The Hall–Kier alpha value is -1.98. The smallest absolute Gasteiger partial charge is 0.392 e. The topological polar surface area (TPSA) is 38.3 Å². The van der Waals surface area contributed by atoms with E-state index in [1.807, 2.05) is 30.5 Å². The number of nitrogens with one attached hydrogen (secondary N) is 1. The van der Waals surface area contributed by atoms with Crippen LogP contribution in [0.2, 0.25) is 0 Å². The Morgan fingerprint density at radius 1 is 1.09 bits per heavy atom. The van der Waals surface area contributed by atoms with Crippen molar-refractivity contribution in [2.45, 2.75) is 0 Å². The number of ether oxygens (including phenoxy) is 1. The Labute approximate surface area is 135 Å². The lowest BCUT2D eigenvalue weighted by molar-refractivity contribution is 0.0606. The molecule has 3 rings (SSSR count). The van der Waals surface area contributed by atoms with Crippen molar-refractivity contribution in [2.75, 3.05) is 18.7 Å². The molecular formula is C17H16NO2S2+. The van der Waals surface area contributed by atoms with E-state index in [0.29, 0.717) is 4.88 Å². The first kappa shape index (κ1) is 14.9. The highest BCUT2D eigenvalue weighted by atomic mass is 33.1. The van der Waals surface area contributed by atoms with Gasteiger partial charge >= 0.3 is 5.97 Å². The zero-order valence-corrected chi connectivity index (χ0v) is 14.0. The second-order valence-electron chi connectivity index (χ2n) is 4.72. The van der Waals surface area contributed by atoms with Gasteiger partial charge in [-0.1, -0.05) is 30.3 Å². The van der Waals surface area contributed by atoms with E-state index in [4.69, 9.17) is 4.74 Å². The van der Waals surface area contributed by atoms with Gasteiger partial charge in [0.05, 0.1) is 22.3 Å². The number of hydrogen-bond acceptors (Lipinski definition) is 4. The van der Waals surface area contributed by atoms with Gasteiger partial charge in [0.25, 0.3) is 4.88 Å². The number of esters is 1. The molecule has 112 valence electrons. The maximum absolute atomic E-state index is 11.8. The standard InChI is InChI=1S/C17H16NO2S2/c1-20-17(19)16-10-15(11-22(16)21-2)18-14-8-7-12-5-3-4-6-13(12)9-14/h3-11,18H,1-2H3/q+1. The van der Waals surface area contributed by atoms with Crippen LogP contribution in [0.4, 0.5) is 11.4 Å². The molecule has 1 N–H and O–H groups in total. The van der Waals surface area contributed by atoms with Gasteiger partial charge in [-0.2, -0.15) is 0 Å². The van der Waals surface area contributed by atoms with Crippen LogP contribution in [-0.2, 0) is 4.74 Å². The quantitative estimate of drug-likeness (QED) is 0.403. The van der Waals surface area contributed by atoms with Gasteiger partial charge in [-0.15, -0.1) is 0 Å². The normalized spacial score (nSPS) is 11.5. The van der Waals surface area contributed by atoms with Crippen LogP contribution in [-0.4, -0.2) is 19.3 Å². The summed E-state index contributed by atoms with van der Waals surface area (Å²) in [7, 11) is 2.81. The first-order chi connectivity index (χ1) is 10.7. The van der Waals surface area contributed by atoms with Crippen LogP contribution in [0.3, 0.4) is 0 Å². The third-order valence-electron chi connectivity index (χ3n) is 3.34. The van der Waals surface area contributed by atoms with E-state index in [0.717, 1.165) is 11.4 Å². The third-order valence-corrected chi connectivity index (χ3v) is 6.79. The maximum Gasteiger partial charge on any atom is 0.392 e. The van der Waals surface area contributed by atoms with Gasteiger partial charge in [-0.05, 0) is 22.9 Å². The maximum atomic E-state index is 11.8. The van der Waals surface area contributed by atoms with Crippen molar-refractivity contribution in [1.82, 2.24) is 0 Å². The molecule has 0 aliphatic heterocycles. The molecule has 0 saturated carbocycles. The van der Waals surface area contributed by atoms with Crippen LogP contribution in [0, 0.1) is 0 Å². The minimum atomic E-state index is -0.260. The fourth-order valence-corrected chi connectivity index (χ4v) is 5.03. The Bertz CT molecular complexity index is 826. The largest absolute Gasteiger partial charge is 0.462 e. The number of anilines is 2. The highest BCUT2D eigenvalue weighted by Crippen LogP contribution is 2.40. The molecule has 1 unspecified atom stereocenters. The molecule has 0 radical (unpaired) electrons. The van der Waals surface area contributed by atoms with Gasteiger partial charge in [-0.25, -0.2) is 4.79 Å². The summed E-state index contributed by atoms with van der Waals surface area (Å²) in [5.74, 6) is -0.260. The fraction of sp³-hybridized carbons (Fsp3) is 0.118. The van der Waals surface area contributed by atoms with Crippen molar-refractivity contribution in [3.05, 3.63) is 58.8 Å². The minimum Gasteiger partial charge on any atom is -0.462 e. The lowest BCUT2D eigenvalue weighted by Crippen LogP contribution is -1.98. The van der Waals surface area contributed by atoms with Gasteiger partial charge in [0, 0.05) is 18.0 Å². The van der Waals surface area contributed by atoms with Gasteiger partial charge in [-0.3, -0.25) is 0 Å². The second kappa shape index (κ2) is 6.42. The number of benzene rings is 2. The summed E-state index contributed by atoms with van der Waals surface area (Å²) >= 11 is 0. The third kappa shape index (κ3) is 2.96. The summed E-state index contributed by atoms with van der Waals surface area (Å²) in [6.45, 7) is 0. The molecule has 1 heterocycles. The van der Waals surface area contributed by atoms with E-state index < -0.39 is 0 Å². The Morgan fingerprint density at radius 2 is 1.86 bits per heavy atom. The molecule has 0 amide bonds. The molecular weight excluding hydrogens is 314 g/mol. The average Bonchev–Trinajstić information content (AvgIpc) is 2.97. The summed E-state index contributed by atoms with van der Waals surface area (Å²) in [6.07, 6.45) is 2.00. The number of methoxy groups -OCH3 is 1. The molecule has 3 aromatic rings.